The average Bonchev–Trinajstić information content (AvgIpc) is 2.65. The van der Waals surface area contributed by atoms with Crippen LogP contribution in [0.4, 0.5) is 0 Å². The highest BCUT2D eigenvalue weighted by atomic mass is 127. The first-order valence-electron chi connectivity index (χ1n) is 9.24. The topological polar surface area (TPSA) is 55.4 Å². The quantitative estimate of drug-likeness (QED) is 0.233. The highest BCUT2D eigenvalue weighted by Crippen LogP contribution is 2.32. The molecule has 1 aliphatic rings. The molecular weight excluding hydrogens is 539 g/mol. The Balaban J connectivity index is 2.18. The lowest BCUT2D eigenvalue weighted by Crippen LogP contribution is -2.63. The number of halogens is 1. The van der Waals surface area contributed by atoms with Crippen molar-refractivity contribution in [2.24, 2.45) is 0 Å². The van der Waals surface area contributed by atoms with E-state index in [2.05, 4.69) is 49.7 Å². The molecule has 0 aliphatic carbocycles. The standard InChI is InChI=1S/C15H26B4IO6P3/c1-17(27)24-12-11(9-22-8-10-6-4-3-5-7-10)23-15(21-2)14(26-19(20)29)13(12)25-18(16)28/h3-7,11-15H,8-9,27-29H2,1-2H3/t11?,12-,13+,14?,15-/m1/s1. The summed E-state index contributed by atoms with van der Waals surface area (Å²) in [5.74, 6) is 0. The van der Waals surface area contributed by atoms with Crippen LogP contribution in [-0.4, -0.2) is 69.8 Å². The van der Waals surface area contributed by atoms with E-state index in [0.29, 0.717) is 13.2 Å². The van der Waals surface area contributed by atoms with Crippen molar-refractivity contribution in [2.45, 2.75) is 44.1 Å². The van der Waals surface area contributed by atoms with Crippen LogP contribution >= 0.6 is 49.7 Å². The van der Waals surface area contributed by atoms with Gasteiger partial charge in [0.2, 0.25) is 0 Å². The van der Waals surface area contributed by atoms with Crippen molar-refractivity contribution in [2.75, 3.05) is 13.7 Å². The van der Waals surface area contributed by atoms with Gasteiger partial charge >= 0.3 is 11.1 Å². The molecule has 0 aromatic heterocycles. The molecule has 1 saturated heterocycles. The summed E-state index contributed by atoms with van der Waals surface area (Å²) in [7, 11) is 15.2. The van der Waals surface area contributed by atoms with E-state index in [-0.39, 0.29) is 11.1 Å². The first-order chi connectivity index (χ1) is 13.8. The smallest absolute Gasteiger partial charge is 0.387 e. The van der Waals surface area contributed by atoms with Gasteiger partial charge in [-0.1, -0.05) is 37.2 Å². The molecule has 14 heteroatoms. The van der Waals surface area contributed by atoms with Crippen molar-refractivity contribution < 1.29 is 28.2 Å². The fraction of sp³-hybridized carbons (Fsp3) is 0.600. The first-order valence-corrected chi connectivity index (χ1v) is 12.5. The monoisotopic (exact) mass is 566 g/mol. The molecule has 0 bridgehead atoms. The molecule has 29 heavy (non-hydrogen) atoms. The SMILES string of the molecule is [B]B(P)O[C@@H]1C(OB(P)I)[C@H](OC)OC(COCc2ccccc2)[C@H]1OB(C)P. The second kappa shape index (κ2) is 13.7. The van der Waals surface area contributed by atoms with Crippen molar-refractivity contribution in [3.05, 3.63) is 35.9 Å². The van der Waals surface area contributed by atoms with E-state index in [1.54, 1.807) is 7.11 Å². The van der Waals surface area contributed by atoms with Gasteiger partial charge in [-0.3, -0.25) is 0 Å². The van der Waals surface area contributed by atoms with Crippen molar-refractivity contribution in [3.8, 4) is 0 Å². The number of rotatable bonds is 11. The predicted molar refractivity (Wildman–Crippen MR) is 138 cm³/mol. The van der Waals surface area contributed by atoms with E-state index in [1.807, 2.05) is 37.2 Å². The Morgan fingerprint density at radius 1 is 1.07 bits per heavy atom. The van der Waals surface area contributed by atoms with E-state index in [4.69, 9.17) is 35.9 Å². The number of methoxy groups -OCH3 is 1. The third-order valence-electron chi connectivity index (χ3n) is 4.19. The second-order valence-corrected chi connectivity index (χ2v) is 11.4. The molecule has 1 aliphatic heterocycles. The molecule has 0 spiro atoms. The Labute approximate surface area is 196 Å². The molecule has 0 N–H and O–H groups in total. The Bertz CT molecular complexity index is 594. The number of hydrogen-bond donors (Lipinski definition) is 0. The van der Waals surface area contributed by atoms with Crippen LogP contribution in [0.5, 0.6) is 0 Å². The lowest BCUT2D eigenvalue weighted by molar-refractivity contribution is -0.283. The molecule has 156 valence electrons. The molecule has 1 aromatic carbocycles. The molecule has 2 radical (unpaired) electrons. The summed E-state index contributed by atoms with van der Waals surface area (Å²) in [6.45, 7) is 2.00. The summed E-state index contributed by atoms with van der Waals surface area (Å²) in [6, 6.07) is 9.96. The highest BCUT2D eigenvalue weighted by Gasteiger charge is 2.49. The van der Waals surface area contributed by atoms with Gasteiger partial charge in [0.1, 0.15) is 12.2 Å². The lowest BCUT2D eigenvalue weighted by atomic mass is 9.69. The zero-order valence-corrected chi connectivity index (χ0v) is 22.2. The van der Waals surface area contributed by atoms with Gasteiger partial charge < -0.3 is 28.2 Å². The molecule has 8 atom stereocenters. The van der Waals surface area contributed by atoms with E-state index in [1.165, 1.54) is 0 Å². The van der Waals surface area contributed by atoms with Crippen LogP contribution in [0.15, 0.2) is 30.3 Å². The van der Waals surface area contributed by atoms with E-state index in [0.717, 1.165) is 5.56 Å². The lowest BCUT2D eigenvalue weighted by Gasteiger charge is -2.47. The molecule has 1 aromatic rings. The predicted octanol–water partition coefficient (Wildman–Crippen LogP) is 2.05. The second-order valence-electron chi connectivity index (χ2n) is 6.60. The highest BCUT2D eigenvalue weighted by molar-refractivity contribution is 14.1. The van der Waals surface area contributed by atoms with Crippen LogP contribution in [-0.2, 0) is 34.8 Å². The molecule has 0 amide bonds. The summed E-state index contributed by atoms with van der Waals surface area (Å²) >= 11 is 2.15. The van der Waals surface area contributed by atoms with Crippen LogP contribution in [0.1, 0.15) is 5.56 Å². The molecule has 0 saturated carbocycles. The van der Waals surface area contributed by atoms with Gasteiger partial charge in [-0.2, -0.15) is 0 Å². The molecular formula is C15H26B4IO6P3. The fourth-order valence-corrected chi connectivity index (χ4v) is 4.00. The number of benzene rings is 1. The van der Waals surface area contributed by atoms with Gasteiger partial charge in [-0.25, -0.2) is 0 Å². The first kappa shape index (κ1) is 26.5. The molecule has 2 rings (SSSR count). The third kappa shape index (κ3) is 8.96. The van der Waals surface area contributed by atoms with Crippen LogP contribution in [0.25, 0.3) is 0 Å². The molecule has 1 heterocycles. The summed E-state index contributed by atoms with van der Waals surface area (Å²) in [5.41, 5.74) is 1.08. The maximum Gasteiger partial charge on any atom is 0.387 e. The van der Waals surface area contributed by atoms with Gasteiger partial charge in [0, 0.05) is 7.11 Å². The van der Waals surface area contributed by atoms with Gasteiger partial charge in [-0.15, -0.1) is 49.7 Å². The van der Waals surface area contributed by atoms with Crippen molar-refractivity contribution in [1.82, 2.24) is 0 Å². The summed E-state index contributed by atoms with van der Waals surface area (Å²) in [5, 5.41) is 0. The average molecular weight is 565 g/mol. The van der Waals surface area contributed by atoms with E-state index < -0.39 is 37.2 Å². The summed E-state index contributed by atoms with van der Waals surface area (Å²) < 4.78 is 35.7. The van der Waals surface area contributed by atoms with Crippen LogP contribution in [0.3, 0.4) is 0 Å². The van der Waals surface area contributed by atoms with E-state index in [9.17, 15) is 0 Å². The summed E-state index contributed by atoms with van der Waals surface area (Å²) in [4.78, 5) is 0. The van der Waals surface area contributed by atoms with Crippen LogP contribution in [0, 0.1) is 0 Å². The number of ether oxygens (including phenoxy) is 3. The minimum Gasteiger partial charge on any atom is -0.433 e. The maximum atomic E-state index is 6.17. The Morgan fingerprint density at radius 3 is 2.31 bits per heavy atom. The fourth-order valence-electron chi connectivity index (χ4n) is 3.11. The van der Waals surface area contributed by atoms with Crippen LogP contribution in [0.2, 0.25) is 6.82 Å². The Morgan fingerprint density at radius 2 is 1.76 bits per heavy atom. The van der Waals surface area contributed by atoms with E-state index >= 15 is 0 Å². The Kier molecular flexibility index (Phi) is 12.5. The van der Waals surface area contributed by atoms with Gasteiger partial charge in [0.05, 0.1) is 33.2 Å². The summed E-state index contributed by atoms with van der Waals surface area (Å²) in [6.07, 6.45) is -2.55. The minimum absolute atomic E-state index is 0.127. The zero-order valence-electron chi connectivity index (χ0n) is 16.6. The largest absolute Gasteiger partial charge is 0.433 e. The normalized spacial score (nSPS) is 26.9. The van der Waals surface area contributed by atoms with Gasteiger partial charge in [0.25, 0.3) is 6.53 Å². The zero-order chi connectivity index (χ0) is 21.4. The minimum atomic E-state index is -0.647. The molecule has 1 fully saturated rings. The Hall–Kier alpha value is 1.26. The van der Waals surface area contributed by atoms with Crippen molar-refractivity contribution in [1.29, 1.82) is 0 Å². The van der Waals surface area contributed by atoms with Gasteiger partial charge in [0.15, 0.2) is 6.29 Å². The van der Waals surface area contributed by atoms with Crippen LogP contribution < -0.4 is 0 Å². The molecule has 6 nitrogen and oxygen atoms in total. The van der Waals surface area contributed by atoms with Gasteiger partial charge in [-0.05, 0) is 5.56 Å². The molecule has 5 unspecified atom stereocenters. The number of hydrogen-bond acceptors (Lipinski definition) is 6. The van der Waals surface area contributed by atoms with Crippen molar-refractivity contribution >= 4 is 75.1 Å². The van der Waals surface area contributed by atoms with Crippen molar-refractivity contribution in [3.63, 3.8) is 0 Å². The maximum absolute atomic E-state index is 6.17. The third-order valence-corrected chi connectivity index (χ3v) is 4.96.